The molecule has 0 fully saturated rings. The van der Waals surface area contributed by atoms with Gasteiger partial charge in [0, 0.05) is 22.4 Å². The van der Waals surface area contributed by atoms with Crippen LogP contribution in [0, 0.1) is 0 Å². The Labute approximate surface area is 136 Å². The Morgan fingerprint density at radius 1 is 1.36 bits per heavy atom. The van der Waals surface area contributed by atoms with Gasteiger partial charge in [0.1, 0.15) is 11.4 Å². The third kappa shape index (κ3) is 2.31. The molecule has 2 heterocycles. The number of cyclic esters (lactones) is 1. The number of halogens is 1. The van der Waals surface area contributed by atoms with Crippen LogP contribution in [0.25, 0.3) is 0 Å². The minimum Gasteiger partial charge on any atom is -0.496 e. The van der Waals surface area contributed by atoms with Gasteiger partial charge in [-0.1, -0.05) is 15.9 Å². The molecule has 1 aromatic rings. The van der Waals surface area contributed by atoms with E-state index in [-0.39, 0.29) is 24.2 Å². The second-order valence-electron chi connectivity index (χ2n) is 5.88. The Morgan fingerprint density at radius 2 is 2.09 bits per heavy atom. The zero-order valence-electron chi connectivity index (χ0n) is 12.5. The van der Waals surface area contributed by atoms with Crippen LogP contribution in [-0.2, 0) is 14.3 Å². The van der Waals surface area contributed by atoms with Crippen LogP contribution in [0.2, 0.25) is 0 Å². The van der Waals surface area contributed by atoms with Crippen molar-refractivity contribution in [3.05, 3.63) is 39.5 Å². The van der Waals surface area contributed by atoms with E-state index in [1.165, 1.54) is 0 Å². The van der Waals surface area contributed by atoms with Gasteiger partial charge in [0.2, 0.25) is 5.91 Å². The molecule has 5 nitrogen and oxygen atoms in total. The first-order valence-corrected chi connectivity index (χ1v) is 7.74. The number of hydrogen-bond donors (Lipinski definition) is 1. The summed E-state index contributed by atoms with van der Waals surface area (Å²) in [5, 5.41) is 2.79. The zero-order chi connectivity index (χ0) is 16.1. The number of hydrogen-bond acceptors (Lipinski definition) is 4. The molecule has 0 spiro atoms. The number of benzene rings is 1. The van der Waals surface area contributed by atoms with Gasteiger partial charge in [-0.15, -0.1) is 0 Å². The van der Waals surface area contributed by atoms with Gasteiger partial charge in [-0.2, -0.15) is 0 Å². The van der Waals surface area contributed by atoms with Crippen LogP contribution in [0.3, 0.4) is 0 Å². The van der Waals surface area contributed by atoms with Crippen molar-refractivity contribution < 1.29 is 19.1 Å². The molecule has 6 heteroatoms. The molecule has 0 saturated carbocycles. The third-order valence-electron chi connectivity index (χ3n) is 4.01. The fourth-order valence-electron chi connectivity index (χ4n) is 3.02. The summed E-state index contributed by atoms with van der Waals surface area (Å²) in [5.74, 6) is -0.234. The van der Waals surface area contributed by atoms with E-state index in [9.17, 15) is 9.59 Å². The SMILES string of the molecule is COc1ccc(Br)cc1C1CC(=O)NC2=C1C(=O)OC2(C)C. The molecular formula is C16H16BrNO4. The van der Waals surface area contributed by atoms with Crippen molar-refractivity contribution in [3.63, 3.8) is 0 Å². The Bertz CT molecular complexity index is 708. The summed E-state index contributed by atoms with van der Waals surface area (Å²) in [7, 11) is 1.57. The highest BCUT2D eigenvalue weighted by atomic mass is 79.9. The highest BCUT2D eigenvalue weighted by Gasteiger charge is 2.48. The minimum absolute atomic E-state index is 0.128. The molecule has 0 radical (unpaired) electrons. The lowest BCUT2D eigenvalue weighted by molar-refractivity contribution is -0.144. The summed E-state index contributed by atoms with van der Waals surface area (Å²) in [4.78, 5) is 24.4. The van der Waals surface area contributed by atoms with Gasteiger partial charge in [0.15, 0.2) is 0 Å². The number of carbonyl (C=O) groups excluding carboxylic acids is 2. The molecule has 2 aliphatic rings. The predicted molar refractivity (Wildman–Crippen MR) is 83.4 cm³/mol. The Morgan fingerprint density at radius 3 is 2.77 bits per heavy atom. The Balaban J connectivity index is 2.18. The maximum Gasteiger partial charge on any atom is 0.337 e. The summed E-state index contributed by atoms with van der Waals surface area (Å²) in [6.45, 7) is 3.54. The number of rotatable bonds is 2. The third-order valence-corrected chi connectivity index (χ3v) is 4.50. The topological polar surface area (TPSA) is 64.6 Å². The molecule has 2 aliphatic heterocycles. The molecule has 1 atom stereocenters. The summed E-state index contributed by atoms with van der Waals surface area (Å²) in [6.07, 6.45) is 0.191. The molecule has 1 unspecified atom stereocenters. The van der Waals surface area contributed by atoms with Gasteiger partial charge in [0.05, 0.1) is 18.4 Å². The average Bonchev–Trinajstić information content (AvgIpc) is 2.67. The molecule has 22 heavy (non-hydrogen) atoms. The van der Waals surface area contributed by atoms with Crippen molar-refractivity contribution in [1.29, 1.82) is 0 Å². The van der Waals surface area contributed by atoms with Crippen molar-refractivity contribution in [2.24, 2.45) is 0 Å². The molecule has 0 aliphatic carbocycles. The first-order chi connectivity index (χ1) is 10.3. The number of ether oxygens (including phenoxy) is 2. The largest absolute Gasteiger partial charge is 0.496 e. The van der Waals surface area contributed by atoms with Crippen LogP contribution in [0.4, 0.5) is 0 Å². The van der Waals surface area contributed by atoms with Crippen molar-refractivity contribution >= 4 is 27.8 Å². The number of nitrogens with one attached hydrogen (secondary N) is 1. The second kappa shape index (κ2) is 5.12. The fourth-order valence-corrected chi connectivity index (χ4v) is 3.40. The lowest BCUT2D eigenvalue weighted by atomic mass is 9.82. The van der Waals surface area contributed by atoms with Crippen LogP contribution >= 0.6 is 15.9 Å². The van der Waals surface area contributed by atoms with E-state index in [1.54, 1.807) is 21.0 Å². The number of esters is 1. The fraction of sp³-hybridized carbons (Fsp3) is 0.375. The highest BCUT2D eigenvalue weighted by molar-refractivity contribution is 9.10. The van der Waals surface area contributed by atoms with Gasteiger partial charge >= 0.3 is 5.97 Å². The van der Waals surface area contributed by atoms with Crippen LogP contribution in [0.1, 0.15) is 31.7 Å². The van der Waals surface area contributed by atoms with Gasteiger partial charge in [0.25, 0.3) is 0 Å². The van der Waals surface area contributed by atoms with Crippen LogP contribution < -0.4 is 10.1 Å². The van der Waals surface area contributed by atoms with E-state index in [4.69, 9.17) is 9.47 Å². The number of amides is 1. The molecule has 116 valence electrons. The monoisotopic (exact) mass is 365 g/mol. The summed E-state index contributed by atoms with van der Waals surface area (Å²) in [6, 6.07) is 5.56. The first-order valence-electron chi connectivity index (χ1n) is 6.95. The van der Waals surface area contributed by atoms with Crippen molar-refractivity contribution in [2.75, 3.05) is 7.11 Å². The Kier molecular flexibility index (Phi) is 3.51. The molecule has 1 amide bonds. The van der Waals surface area contributed by atoms with E-state index >= 15 is 0 Å². The smallest absolute Gasteiger partial charge is 0.337 e. The van der Waals surface area contributed by atoms with Crippen LogP contribution in [0.5, 0.6) is 5.75 Å². The molecule has 0 aromatic heterocycles. The van der Waals surface area contributed by atoms with Gasteiger partial charge < -0.3 is 14.8 Å². The molecule has 0 saturated heterocycles. The maximum absolute atomic E-state index is 12.3. The standard InChI is InChI=1S/C16H16BrNO4/c1-16(2)14-13(15(20)22-16)10(7-12(19)18-14)9-6-8(17)4-5-11(9)21-3/h4-6,10H,7H2,1-3H3,(H,18,19). The predicted octanol–water partition coefficient (Wildman–Crippen LogP) is 2.65. The van der Waals surface area contributed by atoms with E-state index in [2.05, 4.69) is 21.2 Å². The number of carbonyl (C=O) groups is 2. The van der Waals surface area contributed by atoms with Gasteiger partial charge in [-0.05, 0) is 32.0 Å². The normalized spacial score (nSPS) is 23.0. The van der Waals surface area contributed by atoms with Gasteiger partial charge in [-0.25, -0.2) is 4.79 Å². The maximum atomic E-state index is 12.3. The number of methoxy groups -OCH3 is 1. The molecule has 3 rings (SSSR count). The van der Waals surface area contributed by atoms with E-state index < -0.39 is 5.60 Å². The average molecular weight is 366 g/mol. The summed E-state index contributed by atoms with van der Waals surface area (Å²) >= 11 is 3.43. The van der Waals surface area contributed by atoms with E-state index in [0.717, 1.165) is 10.0 Å². The van der Waals surface area contributed by atoms with E-state index in [0.29, 0.717) is 17.0 Å². The molecule has 0 bridgehead atoms. The highest BCUT2D eigenvalue weighted by Crippen LogP contribution is 2.45. The minimum atomic E-state index is -0.819. The summed E-state index contributed by atoms with van der Waals surface area (Å²) < 4.78 is 11.7. The van der Waals surface area contributed by atoms with E-state index in [1.807, 2.05) is 18.2 Å². The lowest BCUT2D eigenvalue weighted by Gasteiger charge is -2.27. The van der Waals surface area contributed by atoms with Crippen LogP contribution in [-0.4, -0.2) is 24.6 Å². The van der Waals surface area contributed by atoms with Crippen molar-refractivity contribution in [1.82, 2.24) is 5.32 Å². The lowest BCUT2D eigenvalue weighted by Crippen LogP contribution is -2.38. The first kappa shape index (κ1) is 15.1. The zero-order valence-corrected chi connectivity index (χ0v) is 14.1. The molecule has 1 N–H and O–H groups in total. The summed E-state index contributed by atoms with van der Waals surface area (Å²) in [5.41, 5.74) is 1.05. The quantitative estimate of drug-likeness (QED) is 0.818. The molecule has 1 aromatic carbocycles. The molecular weight excluding hydrogens is 350 g/mol. The Hall–Kier alpha value is -1.82. The van der Waals surface area contributed by atoms with Gasteiger partial charge in [-0.3, -0.25) is 4.79 Å². The van der Waals surface area contributed by atoms with Crippen molar-refractivity contribution in [3.8, 4) is 5.75 Å². The van der Waals surface area contributed by atoms with Crippen molar-refractivity contribution in [2.45, 2.75) is 31.8 Å². The second-order valence-corrected chi connectivity index (χ2v) is 6.80. The van der Waals surface area contributed by atoms with Crippen LogP contribution in [0.15, 0.2) is 33.9 Å².